The van der Waals surface area contributed by atoms with Gasteiger partial charge in [-0.05, 0) is 61.0 Å². The Balaban J connectivity index is 1.66. The summed E-state index contributed by atoms with van der Waals surface area (Å²) in [6, 6.07) is 15.0. The van der Waals surface area contributed by atoms with E-state index in [1.807, 2.05) is 0 Å². The Bertz CT molecular complexity index is 1300. The average molecular weight is 455 g/mol. The van der Waals surface area contributed by atoms with Crippen LogP contribution in [0.5, 0.6) is 11.5 Å². The molecule has 0 unspecified atom stereocenters. The third-order valence-corrected chi connectivity index (χ3v) is 5.48. The van der Waals surface area contributed by atoms with Crippen LogP contribution in [0.15, 0.2) is 76.7 Å². The number of hydrazone groups is 1. The molecule has 3 aromatic rings. The van der Waals surface area contributed by atoms with Crippen molar-refractivity contribution in [2.24, 2.45) is 5.10 Å². The van der Waals surface area contributed by atoms with Gasteiger partial charge in [-0.2, -0.15) is 13.5 Å². The number of phenolic OH excluding ortho intramolecular Hbond substituents is 1. The van der Waals surface area contributed by atoms with Crippen LogP contribution in [-0.2, 0) is 10.1 Å². The van der Waals surface area contributed by atoms with Gasteiger partial charge in [0.2, 0.25) is 0 Å². The number of hydrogen-bond donors (Lipinski definition) is 2. The lowest BCUT2D eigenvalue weighted by Crippen LogP contribution is -2.17. The van der Waals surface area contributed by atoms with Crippen molar-refractivity contribution < 1.29 is 27.4 Å². The molecule has 164 valence electrons. The number of nitrogens with one attached hydrogen (secondary N) is 1. The summed E-state index contributed by atoms with van der Waals surface area (Å²) in [5.74, 6) is -0.572. The second kappa shape index (κ2) is 9.27. The van der Waals surface area contributed by atoms with Crippen LogP contribution in [0.25, 0.3) is 0 Å². The molecule has 11 heteroatoms. The van der Waals surface area contributed by atoms with Gasteiger partial charge in [0.05, 0.1) is 11.1 Å². The summed E-state index contributed by atoms with van der Waals surface area (Å²) in [4.78, 5) is 22.0. The van der Waals surface area contributed by atoms with Crippen LogP contribution in [0.3, 0.4) is 0 Å². The molecule has 3 aromatic carbocycles. The van der Waals surface area contributed by atoms with Gasteiger partial charge in [-0.25, -0.2) is 5.43 Å². The Kier molecular flexibility index (Phi) is 6.50. The van der Waals surface area contributed by atoms with Gasteiger partial charge in [0.15, 0.2) is 0 Å². The number of nitro groups is 1. The van der Waals surface area contributed by atoms with E-state index in [0.717, 1.165) is 6.07 Å². The highest BCUT2D eigenvalue weighted by atomic mass is 32.2. The summed E-state index contributed by atoms with van der Waals surface area (Å²) in [6.45, 7) is 1.50. The second-order valence-corrected chi connectivity index (χ2v) is 8.11. The van der Waals surface area contributed by atoms with Gasteiger partial charge in [0.1, 0.15) is 16.4 Å². The topological polar surface area (TPSA) is 148 Å². The Labute approximate surface area is 183 Å². The number of nitrogens with zero attached hydrogens (tertiary/aromatic N) is 2. The van der Waals surface area contributed by atoms with Crippen molar-refractivity contribution in [1.29, 1.82) is 0 Å². The smallest absolute Gasteiger partial charge is 0.339 e. The number of phenols is 1. The summed E-state index contributed by atoms with van der Waals surface area (Å²) in [7, 11) is -4.28. The van der Waals surface area contributed by atoms with Crippen molar-refractivity contribution in [2.45, 2.75) is 11.8 Å². The molecule has 0 aliphatic rings. The van der Waals surface area contributed by atoms with E-state index in [0.29, 0.717) is 11.1 Å². The monoisotopic (exact) mass is 455 g/mol. The van der Waals surface area contributed by atoms with Crippen LogP contribution in [-0.4, -0.2) is 30.6 Å². The normalized spacial score (nSPS) is 11.3. The Morgan fingerprint density at radius 2 is 1.84 bits per heavy atom. The zero-order valence-electron chi connectivity index (χ0n) is 16.6. The van der Waals surface area contributed by atoms with Crippen molar-refractivity contribution in [2.75, 3.05) is 0 Å². The first kappa shape index (κ1) is 22.4. The summed E-state index contributed by atoms with van der Waals surface area (Å²) in [5, 5.41) is 24.2. The zero-order chi connectivity index (χ0) is 23.3. The van der Waals surface area contributed by atoms with E-state index in [9.17, 15) is 28.4 Å². The largest absolute Gasteiger partial charge is 0.508 e. The maximum atomic E-state index is 12.4. The standard InChI is InChI=1S/C21H17N3O7S/c1-14-5-10-19(12-20(14)24(27)28)32(29,30)31-18-8-6-15(7-9-18)13-22-23-21(26)16-3-2-4-17(25)11-16/h2-13,25H,1H3,(H,23,26). The molecule has 0 aromatic heterocycles. The molecule has 0 saturated heterocycles. The van der Waals surface area contributed by atoms with Crippen LogP contribution in [0.2, 0.25) is 0 Å². The molecular formula is C21H17N3O7S. The maximum absolute atomic E-state index is 12.4. The average Bonchev–Trinajstić information content (AvgIpc) is 2.74. The minimum Gasteiger partial charge on any atom is -0.508 e. The number of aromatic hydroxyl groups is 1. The van der Waals surface area contributed by atoms with Crippen LogP contribution in [0, 0.1) is 17.0 Å². The molecule has 32 heavy (non-hydrogen) atoms. The van der Waals surface area contributed by atoms with Crippen molar-refractivity contribution >= 4 is 27.9 Å². The molecule has 0 aliphatic carbocycles. The number of carbonyl (C=O) groups is 1. The molecular weight excluding hydrogens is 438 g/mol. The molecule has 3 rings (SSSR count). The predicted octanol–water partition coefficient (Wildman–Crippen LogP) is 3.14. The third-order valence-electron chi connectivity index (χ3n) is 4.24. The SMILES string of the molecule is Cc1ccc(S(=O)(=O)Oc2ccc(C=NNC(=O)c3cccc(O)c3)cc2)cc1[N+](=O)[O-]. The molecule has 0 aliphatic heterocycles. The first-order valence-electron chi connectivity index (χ1n) is 9.08. The number of nitro benzene ring substituents is 1. The maximum Gasteiger partial charge on any atom is 0.339 e. The van der Waals surface area contributed by atoms with E-state index in [-0.39, 0.29) is 27.6 Å². The molecule has 0 saturated carbocycles. The number of hydrogen-bond acceptors (Lipinski definition) is 8. The van der Waals surface area contributed by atoms with Gasteiger partial charge in [-0.15, -0.1) is 0 Å². The van der Waals surface area contributed by atoms with Gasteiger partial charge in [-0.1, -0.05) is 12.1 Å². The van der Waals surface area contributed by atoms with Crippen LogP contribution in [0.4, 0.5) is 5.69 Å². The summed E-state index contributed by atoms with van der Waals surface area (Å²) in [6.07, 6.45) is 1.34. The van der Waals surface area contributed by atoms with Crippen molar-refractivity contribution in [1.82, 2.24) is 5.43 Å². The number of rotatable bonds is 7. The number of benzene rings is 3. The Morgan fingerprint density at radius 3 is 2.50 bits per heavy atom. The highest BCUT2D eigenvalue weighted by Crippen LogP contribution is 2.25. The van der Waals surface area contributed by atoms with E-state index in [2.05, 4.69) is 10.5 Å². The highest BCUT2D eigenvalue weighted by Gasteiger charge is 2.21. The zero-order valence-corrected chi connectivity index (χ0v) is 17.4. The minimum atomic E-state index is -4.28. The fourth-order valence-corrected chi connectivity index (χ4v) is 3.55. The fraction of sp³-hybridized carbons (Fsp3) is 0.0476. The van der Waals surface area contributed by atoms with E-state index >= 15 is 0 Å². The third kappa shape index (κ3) is 5.46. The van der Waals surface area contributed by atoms with Gasteiger partial charge in [0.25, 0.3) is 11.6 Å². The Hall–Kier alpha value is -4.25. The fourth-order valence-electron chi connectivity index (χ4n) is 2.60. The molecule has 10 nitrogen and oxygen atoms in total. The lowest BCUT2D eigenvalue weighted by atomic mass is 10.2. The van der Waals surface area contributed by atoms with E-state index < -0.39 is 20.9 Å². The number of aryl methyl sites for hydroxylation is 1. The van der Waals surface area contributed by atoms with Gasteiger partial charge < -0.3 is 9.29 Å². The molecule has 2 N–H and O–H groups in total. The van der Waals surface area contributed by atoms with Crippen LogP contribution in [0.1, 0.15) is 21.5 Å². The summed E-state index contributed by atoms with van der Waals surface area (Å²) >= 11 is 0. The van der Waals surface area contributed by atoms with Crippen LogP contribution >= 0.6 is 0 Å². The van der Waals surface area contributed by atoms with Gasteiger partial charge in [-0.3, -0.25) is 14.9 Å². The molecule has 0 bridgehead atoms. The molecule has 0 fully saturated rings. The van der Waals surface area contributed by atoms with Crippen molar-refractivity contribution in [3.8, 4) is 11.5 Å². The van der Waals surface area contributed by atoms with E-state index in [4.69, 9.17) is 4.18 Å². The predicted molar refractivity (Wildman–Crippen MR) is 115 cm³/mol. The van der Waals surface area contributed by atoms with Crippen molar-refractivity contribution in [3.63, 3.8) is 0 Å². The molecule has 0 spiro atoms. The molecule has 0 heterocycles. The first-order valence-corrected chi connectivity index (χ1v) is 10.5. The Morgan fingerprint density at radius 1 is 1.12 bits per heavy atom. The quantitative estimate of drug-likeness (QED) is 0.241. The van der Waals surface area contributed by atoms with E-state index in [1.54, 1.807) is 0 Å². The van der Waals surface area contributed by atoms with Crippen LogP contribution < -0.4 is 9.61 Å². The molecule has 0 atom stereocenters. The number of carbonyl (C=O) groups excluding carboxylic acids is 1. The summed E-state index contributed by atoms with van der Waals surface area (Å²) in [5.41, 5.74) is 3.08. The molecule has 1 amide bonds. The molecule has 0 radical (unpaired) electrons. The lowest BCUT2D eigenvalue weighted by molar-refractivity contribution is -0.385. The van der Waals surface area contributed by atoms with Gasteiger partial charge in [0, 0.05) is 17.2 Å². The number of amides is 1. The lowest BCUT2D eigenvalue weighted by Gasteiger charge is -2.08. The minimum absolute atomic E-state index is 0.00539. The first-order chi connectivity index (χ1) is 15.2. The highest BCUT2D eigenvalue weighted by molar-refractivity contribution is 7.87. The van der Waals surface area contributed by atoms with E-state index in [1.165, 1.54) is 73.8 Å². The summed E-state index contributed by atoms with van der Waals surface area (Å²) < 4.78 is 29.9. The van der Waals surface area contributed by atoms with Crippen molar-refractivity contribution in [3.05, 3.63) is 93.5 Å². The second-order valence-electron chi connectivity index (χ2n) is 6.56. The van der Waals surface area contributed by atoms with Gasteiger partial charge >= 0.3 is 10.1 Å².